The molecule has 0 unspecified atom stereocenters. The van der Waals surface area contributed by atoms with E-state index in [0.717, 1.165) is 15.9 Å². The first-order valence-corrected chi connectivity index (χ1v) is 15.2. The van der Waals surface area contributed by atoms with Crippen molar-refractivity contribution in [2.24, 2.45) is 5.41 Å². The van der Waals surface area contributed by atoms with Crippen LogP contribution in [0, 0.1) is 5.41 Å². The molecule has 0 aromatic heterocycles. The number of carbonyl (C=O) groups excluding carboxylic acids is 1. The minimum atomic E-state index is -5.06. The maximum atomic E-state index is 13.5. The lowest BCUT2D eigenvalue weighted by Gasteiger charge is -2.37. The zero-order valence-corrected chi connectivity index (χ0v) is 26.2. The molecule has 4 aromatic rings. The Morgan fingerprint density at radius 1 is 0.651 bits per heavy atom. The Kier molecular flexibility index (Phi) is 10.6. The maximum Gasteiger partial charge on any atom is 0.416 e. The smallest absolute Gasteiger partial charge is 0.416 e. The predicted octanol–water partition coefficient (Wildman–Crippen LogP) is 4.87. The lowest BCUT2D eigenvalue weighted by Crippen LogP contribution is -3.00. The minimum absolute atomic E-state index is 0. The molecular weight excluding hydrogens is 651 g/mol. The molecular formula is C33H31BrF6NOP. The molecule has 0 saturated heterocycles. The normalized spacial score (nSPS) is 13.1. The fraction of sp³-hybridized carbons (Fsp3) is 0.242. The topological polar surface area (TPSA) is 29.1 Å². The second kappa shape index (κ2) is 13.2. The van der Waals surface area contributed by atoms with E-state index in [9.17, 15) is 31.1 Å². The Morgan fingerprint density at radius 3 is 1.30 bits per heavy atom. The molecule has 0 saturated carbocycles. The molecule has 4 aromatic carbocycles. The van der Waals surface area contributed by atoms with Gasteiger partial charge in [0.15, 0.2) is 0 Å². The Bertz CT molecular complexity index is 1380. The van der Waals surface area contributed by atoms with Crippen LogP contribution < -0.4 is 38.2 Å². The largest absolute Gasteiger partial charge is 1.00 e. The highest BCUT2D eigenvalue weighted by Crippen LogP contribution is 2.57. The first kappa shape index (κ1) is 34.3. The molecule has 0 aliphatic carbocycles. The summed E-state index contributed by atoms with van der Waals surface area (Å²) < 4.78 is 81.3. The van der Waals surface area contributed by atoms with Crippen molar-refractivity contribution in [2.75, 3.05) is 6.16 Å². The fourth-order valence-corrected chi connectivity index (χ4v) is 9.71. The molecule has 0 spiro atoms. The molecule has 0 fully saturated rings. The van der Waals surface area contributed by atoms with E-state index in [1.807, 2.05) is 112 Å². The average molecular weight is 682 g/mol. The second-order valence-corrected chi connectivity index (χ2v) is 14.7. The second-order valence-electron chi connectivity index (χ2n) is 11.2. The summed E-state index contributed by atoms with van der Waals surface area (Å²) in [6, 6.07) is 29.8. The number of rotatable bonds is 7. The van der Waals surface area contributed by atoms with E-state index in [4.69, 9.17) is 0 Å². The Labute approximate surface area is 258 Å². The van der Waals surface area contributed by atoms with Gasteiger partial charge >= 0.3 is 12.4 Å². The summed E-state index contributed by atoms with van der Waals surface area (Å²) in [6.07, 6.45) is -9.74. The monoisotopic (exact) mass is 681 g/mol. The summed E-state index contributed by atoms with van der Waals surface area (Å²) >= 11 is 0. The van der Waals surface area contributed by atoms with Crippen molar-refractivity contribution in [3.8, 4) is 0 Å². The van der Waals surface area contributed by atoms with Crippen LogP contribution in [-0.2, 0) is 12.4 Å². The quantitative estimate of drug-likeness (QED) is 0.219. The molecule has 1 amide bonds. The van der Waals surface area contributed by atoms with Gasteiger partial charge in [0, 0.05) is 5.56 Å². The standard InChI is InChI=1S/C33H30F6NOP.BrH/c1-31(2,3)29(40-30(41)23-19-24(32(34,35)36)21-25(20-23)33(37,38)39)22-42(26-13-7-4-8-14-26,27-15-9-5-10-16-27)28-17-11-6-12-18-28;/h4-21,29H,22H2,1-3H3;1H/t29-;/m1./s1. The van der Waals surface area contributed by atoms with E-state index < -0.39 is 53.7 Å². The highest BCUT2D eigenvalue weighted by Gasteiger charge is 2.49. The summed E-state index contributed by atoms with van der Waals surface area (Å²) in [6.45, 7) is 5.67. The minimum Gasteiger partial charge on any atom is -1.00 e. The van der Waals surface area contributed by atoms with Crippen LogP contribution in [0.4, 0.5) is 26.3 Å². The van der Waals surface area contributed by atoms with Crippen LogP contribution in [0.25, 0.3) is 0 Å². The summed E-state index contributed by atoms with van der Waals surface area (Å²) in [5.41, 5.74) is -4.38. The van der Waals surface area contributed by atoms with Crippen molar-refractivity contribution < 1.29 is 48.1 Å². The number of halogens is 7. The van der Waals surface area contributed by atoms with Gasteiger partial charge in [0.1, 0.15) is 23.2 Å². The molecule has 2 nitrogen and oxygen atoms in total. The third kappa shape index (κ3) is 7.87. The van der Waals surface area contributed by atoms with Gasteiger partial charge in [0.25, 0.3) is 5.91 Å². The van der Waals surface area contributed by atoms with Crippen LogP contribution in [0.5, 0.6) is 0 Å². The predicted molar refractivity (Wildman–Crippen MR) is 157 cm³/mol. The number of alkyl halides is 6. The SMILES string of the molecule is CC(C)(C)[C@@H](C[P+](c1ccccc1)(c1ccccc1)c1ccccc1)NC(=O)c1cc(C(F)(F)F)cc(C(F)(F)F)c1.[Br-]. The van der Waals surface area contributed by atoms with Crippen molar-refractivity contribution >= 4 is 29.1 Å². The zero-order chi connectivity index (χ0) is 30.8. The van der Waals surface area contributed by atoms with Crippen LogP contribution in [0.3, 0.4) is 0 Å². The van der Waals surface area contributed by atoms with Crippen LogP contribution in [0.1, 0.15) is 42.3 Å². The van der Waals surface area contributed by atoms with Gasteiger partial charge in [0.05, 0.1) is 23.3 Å². The summed E-state index contributed by atoms with van der Waals surface area (Å²) in [7, 11) is -2.50. The third-order valence-electron chi connectivity index (χ3n) is 7.25. The lowest BCUT2D eigenvalue weighted by molar-refractivity contribution is -0.143. The van der Waals surface area contributed by atoms with Crippen LogP contribution in [0.15, 0.2) is 109 Å². The molecule has 4 rings (SSSR count). The molecule has 0 radical (unpaired) electrons. The number of hydrogen-bond donors (Lipinski definition) is 1. The van der Waals surface area contributed by atoms with Crippen molar-refractivity contribution in [3.05, 3.63) is 126 Å². The van der Waals surface area contributed by atoms with Gasteiger partial charge in [-0.05, 0) is 60.0 Å². The molecule has 0 aliphatic rings. The lowest BCUT2D eigenvalue weighted by atomic mass is 9.87. The maximum absolute atomic E-state index is 13.5. The summed E-state index contributed by atoms with van der Waals surface area (Å²) in [4.78, 5) is 13.5. The van der Waals surface area contributed by atoms with Gasteiger partial charge < -0.3 is 22.3 Å². The first-order valence-electron chi connectivity index (χ1n) is 13.3. The van der Waals surface area contributed by atoms with Gasteiger partial charge in [-0.15, -0.1) is 0 Å². The molecule has 43 heavy (non-hydrogen) atoms. The number of hydrogen-bond acceptors (Lipinski definition) is 1. The van der Waals surface area contributed by atoms with Crippen LogP contribution in [0.2, 0.25) is 0 Å². The summed E-state index contributed by atoms with van der Waals surface area (Å²) in [5.74, 6) is -1.00. The van der Waals surface area contributed by atoms with E-state index in [1.165, 1.54) is 0 Å². The van der Waals surface area contributed by atoms with Gasteiger partial charge in [-0.3, -0.25) is 4.79 Å². The molecule has 1 N–H and O–H groups in total. The van der Waals surface area contributed by atoms with E-state index >= 15 is 0 Å². The van der Waals surface area contributed by atoms with Gasteiger partial charge in [-0.1, -0.05) is 75.4 Å². The number of amides is 1. The Morgan fingerprint density at radius 2 is 1.00 bits per heavy atom. The van der Waals surface area contributed by atoms with Gasteiger partial charge in [-0.2, -0.15) is 26.3 Å². The van der Waals surface area contributed by atoms with Crippen molar-refractivity contribution in [3.63, 3.8) is 0 Å². The number of carbonyl (C=O) groups is 1. The van der Waals surface area contributed by atoms with Crippen molar-refractivity contribution in [1.82, 2.24) is 5.32 Å². The molecule has 1 atom stereocenters. The molecule has 228 valence electrons. The highest BCUT2D eigenvalue weighted by atomic mass is 79.9. The first-order chi connectivity index (χ1) is 19.6. The number of benzene rings is 4. The number of nitrogens with one attached hydrogen (secondary N) is 1. The Balaban J connectivity index is 0.00000506. The van der Waals surface area contributed by atoms with Gasteiger partial charge in [0.2, 0.25) is 0 Å². The van der Waals surface area contributed by atoms with Gasteiger partial charge in [-0.25, -0.2) is 0 Å². The third-order valence-corrected chi connectivity index (χ3v) is 11.7. The molecule has 0 heterocycles. The zero-order valence-electron chi connectivity index (χ0n) is 23.7. The van der Waals surface area contributed by atoms with Crippen molar-refractivity contribution in [2.45, 2.75) is 39.2 Å². The molecule has 0 bridgehead atoms. The van der Waals surface area contributed by atoms with Crippen molar-refractivity contribution in [1.29, 1.82) is 0 Å². The van der Waals surface area contributed by atoms with Crippen LogP contribution >= 0.6 is 7.26 Å². The van der Waals surface area contributed by atoms with Crippen LogP contribution in [-0.4, -0.2) is 18.1 Å². The average Bonchev–Trinajstić information content (AvgIpc) is 2.95. The van der Waals surface area contributed by atoms with E-state index in [1.54, 1.807) is 0 Å². The van der Waals surface area contributed by atoms with E-state index in [0.29, 0.717) is 18.3 Å². The fourth-order valence-electron chi connectivity index (χ4n) is 4.95. The Hall–Kier alpha value is -3.16. The van der Waals surface area contributed by atoms with E-state index in [-0.39, 0.29) is 23.0 Å². The molecule has 0 aliphatic heterocycles. The highest BCUT2D eigenvalue weighted by molar-refractivity contribution is 7.95. The summed E-state index contributed by atoms with van der Waals surface area (Å²) in [5, 5.41) is 5.94. The molecule has 10 heteroatoms. The van der Waals surface area contributed by atoms with E-state index in [2.05, 4.69) is 5.32 Å².